The molecule has 0 heterocycles. The van der Waals surface area contributed by atoms with Gasteiger partial charge in [0.2, 0.25) is 0 Å². The van der Waals surface area contributed by atoms with Gasteiger partial charge in [0.05, 0.1) is 27.7 Å². The highest BCUT2D eigenvalue weighted by Crippen LogP contribution is 2.38. The summed E-state index contributed by atoms with van der Waals surface area (Å²) in [6.07, 6.45) is 87.3. The van der Waals surface area contributed by atoms with Crippen LogP contribution in [0, 0.1) is 0 Å². The van der Waals surface area contributed by atoms with E-state index in [4.69, 9.17) is 18.5 Å². The number of nitrogens with zero attached hydrogens (tertiary/aromatic N) is 1. The quantitative estimate of drug-likeness (QED) is 0.0195. The van der Waals surface area contributed by atoms with E-state index in [1.165, 1.54) is 334 Å². The Morgan fingerprint density at radius 3 is 0.908 bits per heavy atom. The van der Waals surface area contributed by atoms with Gasteiger partial charge in [0.25, 0.3) is 7.82 Å². The molecule has 0 amide bonds. The summed E-state index contributed by atoms with van der Waals surface area (Å²) >= 11 is 0. The molecule has 0 N–H and O–H groups in total. The summed E-state index contributed by atoms with van der Waals surface area (Å²) in [7, 11) is 1.19. The molecule has 87 heavy (non-hydrogen) atoms. The van der Waals surface area contributed by atoms with Crippen molar-refractivity contribution in [3.63, 3.8) is 0 Å². The molecule has 516 valence electrons. The molecule has 0 rings (SSSR count). The first-order valence-corrected chi connectivity index (χ1v) is 40.0. The lowest BCUT2D eigenvalue weighted by Gasteiger charge is -2.28. The van der Waals surface area contributed by atoms with Crippen LogP contribution in [0.1, 0.15) is 406 Å². The number of esters is 2. The SMILES string of the molecule is CCCCCCC/C=C\C/C=C\CCCCCCCCCCCCCCCCCCCCCCCCCCCCCC(=O)OC(COC(=O)CCCCCCCCCCCCCCCCCCCCCCCCCC)COP(=O)([O-])OCC[N+](C)(C)C. The van der Waals surface area contributed by atoms with Gasteiger partial charge in [-0.1, -0.05) is 372 Å². The maximum atomic E-state index is 12.9. The molecule has 2 unspecified atom stereocenters. The summed E-state index contributed by atoms with van der Waals surface area (Å²) in [5, 5.41) is 0. The molecular formula is C77H150NO8P. The van der Waals surface area contributed by atoms with E-state index in [2.05, 4.69) is 38.2 Å². The van der Waals surface area contributed by atoms with Crippen molar-refractivity contribution >= 4 is 19.8 Å². The molecule has 9 nitrogen and oxygen atoms in total. The lowest BCUT2D eigenvalue weighted by Crippen LogP contribution is -2.37. The summed E-state index contributed by atoms with van der Waals surface area (Å²) in [6.45, 7) is 4.32. The van der Waals surface area contributed by atoms with E-state index in [9.17, 15) is 19.0 Å². The fourth-order valence-corrected chi connectivity index (χ4v) is 12.5. The third kappa shape index (κ3) is 73.4. The Bertz CT molecular complexity index is 1510. The summed E-state index contributed by atoms with van der Waals surface area (Å²) in [5.41, 5.74) is 0. The number of rotatable bonds is 73. The van der Waals surface area contributed by atoms with E-state index in [1.807, 2.05) is 21.1 Å². The molecule has 0 aliphatic heterocycles. The minimum atomic E-state index is -4.64. The van der Waals surface area contributed by atoms with Crippen molar-refractivity contribution in [3.8, 4) is 0 Å². The molecule has 10 heteroatoms. The first kappa shape index (κ1) is 85.5. The monoisotopic (exact) mass is 1250 g/mol. The molecule has 0 saturated heterocycles. The number of ether oxygens (including phenoxy) is 2. The Kier molecular flexibility index (Phi) is 67.7. The van der Waals surface area contributed by atoms with Crippen LogP contribution >= 0.6 is 7.82 Å². The van der Waals surface area contributed by atoms with Gasteiger partial charge >= 0.3 is 11.9 Å². The molecule has 0 bridgehead atoms. The van der Waals surface area contributed by atoms with E-state index >= 15 is 0 Å². The van der Waals surface area contributed by atoms with Crippen LogP contribution in [-0.4, -0.2) is 70.0 Å². The zero-order valence-electron chi connectivity index (χ0n) is 59.0. The number of likely N-dealkylation sites (N-methyl/N-ethyl adjacent to an activating group) is 1. The highest BCUT2D eigenvalue weighted by atomic mass is 31.2. The van der Waals surface area contributed by atoms with Gasteiger partial charge in [-0.25, -0.2) is 0 Å². The maximum Gasteiger partial charge on any atom is 0.306 e. The Morgan fingerprint density at radius 2 is 0.621 bits per heavy atom. The molecular weight excluding hydrogens is 1100 g/mol. The van der Waals surface area contributed by atoms with E-state index in [0.29, 0.717) is 17.4 Å². The summed E-state index contributed by atoms with van der Waals surface area (Å²) in [6, 6.07) is 0. The second kappa shape index (κ2) is 68.8. The van der Waals surface area contributed by atoms with Crippen LogP contribution in [0.2, 0.25) is 0 Å². The van der Waals surface area contributed by atoms with Gasteiger partial charge < -0.3 is 27.9 Å². The smallest absolute Gasteiger partial charge is 0.306 e. The zero-order chi connectivity index (χ0) is 63.4. The van der Waals surface area contributed by atoms with Crippen LogP contribution in [0.3, 0.4) is 0 Å². The minimum absolute atomic E-state index is 0.0260. The number of hydrogen-bond donors (Lipinski definition) is 0. The van der Waals surface area contributed by atoms with Crippen molar-refractivity contribution in [1.29, 1.82) is 0 Å². The Hall–Kier alpha value is -1.51. The number of allylic oxidation sites excluding steroid dienone is 4. The number of hydrogen-bond acceptors (Lipinski definition) is 8. The van der Waals surface area contributed by atoms with Crippen LogP contribution in [0.5, 0.6) is 0 Å². The average molecular weight is 1250 g/mol. The molecule has 0 aliphatic rings. The lowest BCUT2D eigenvalue weighted by atomic mass is 10.0. The molecule has 0 fully saturated rings. The first-order chi connectivity index (χ1) is 42.5. The maximum absolute atomic E-state index is 12.9. The highest BCUT2D eigenvalue weighted by molar-refractivity contribution is 7.45. The van der Waals surface area contributed by atoms with E-state index < -0.39 is 26.5 Å². The normalized spacial score (nSPS) is 13.1. The van der Waals surface area contributed by atoms with Crippen molar-refractivity contribution < 1.29 is 42.1 Å². The number of quaternary nitrogens is 1. The molecule has 0 aliphatic carbocycles. The Labute approximate surface area is 542 Å². The summed E-state index contributed by atoms with van der Waals surface area (Å²) < 4.78 is 34.4. The van der Waals surface area contributed by atoms with Gasteiger partial charge in [0.15, 0.2) is 6.10 Å². The van der Waals surface area contributed by atoms with Gasteiger partial charge in [-0.2, -0.15) is 0 Å². The fraction of sp³-hybridized carbons (Fsp3) is 0.922. The number of carbonyl (C=O) groups is 2. The first-order valence-electron chi connectivity index (χ1n) is 38.5. The van der Waals surface area contributed by atoms with Gasteiger partial charge in [0, 0.05) is 12.8 Å². The molecule has 0 radical (unpaired) electrons. The van der Waals surface area contributed by atoms with Crippen LogP contribution < -0.4 is 4.89 Å². The molecule has 0 spiro atoms. The minimum Gasteiger partial charge on any atom is -0.756 e. The van der Waals surface area contributed by atoms with Crippen LogP contribution in [0.25, 0.3) is 0 Å². The lowest BCUT2D eigenvalue weighted by molar-refractivity contribution is -0.870. The molecule has 0 aromatic carbocycles. The van der Waals surface area contributed by atoms with Crippen molar-refractivity contribution in [2.24, 2.45) is 0 Å². The Morgan fingerprint density at radius 1 is 0.356 bits per heavy atom. The predicted molar refractivity (Wildman–Crippen MR) is 375 cm³/mol. The number of unbranched alkanes of at least 4 members (excludes halogenated alkanes) is 55. The van der Waals surface area contributed by atoms with E-state index in [-0.39, 0.29) is 32.0 Å². The second-order valence-electron chi connectivity index (χ2n) is 27.7. The van der Waals surface area contributed by atoms with Crippen molar-refractivity contribution in [2.45, 2.75) is 412 Å². The van der Waals surface area contributed by atoms with Gasteiger partial charge in [0.1, 0.15) is 19.8 Å². The standard InChI is InChI=1S/C77H150NO8P/c1-6-8-10-12-14-16-18-20-22-24-26-28-30-32-33-34-35-36-37-38-39-40-41-42-43-44-45-46-48-50-52-54-56-58-60-62-64-66-68-70-77(80)86-75(74-85-87(81,82)84-72-71-78(3,4)5)73-83-76(79)69-67-65-63-61-59-57-55-53-51-49-47-31-29-27-25-23-21-19-17-15-13-11-9-7-2/h18,20,24,26,75H,6-17,19,21-23,25,27-74H2,1-5H3/b20-18-,26-24-. The van der Waals surface area contributed by atoms with Gasteiger partial charge in [-0.05, 0) is 44.9 Å². The van der Waals surface area contributed by atoms with Gasteiger partial charge in [-0.3, -0.25) is 14.2 Å². The topological polar surface area (TPSA) is 111 Å². The number of phosphoric acid groups is 1. The van der Waals surface area contributed by atoms with Gasteiger partial charge in [-0.15, -0.1) is 0 Å². The van der Waals surface area contributed by atoms with Crippen LogP contribution in [0.15, 0.2) is 24.3 Å². The molecule has 0 aromatic heterocycles. The fourth-order valence-electron chi connectivity index (χ4n) is 11.8. The summed E-state index contributed by atoms with van der Waals surface area (Å²) in [4.78, 5) is 38.1. The van der Waals surface area contributed by atoms with E-state index in [0.717, 1.165) is 38.5 Å². The molecule has 0 saturated carbocycles. The van der Waals surface area contributed by atoms with Crippen molar-refractivity contribution in [1.82, 2.24) is 0 Å². The number of phosphoric ester groups is 1. The van der Waals surface area contributed by atoms with Crippen LogP contribution in [-0.2, 0) is 32.7 Å². The Balaban J connectivity index is 3.88. The second-order valence-corrected chi connectivity index (χ2v) is 29.1. The third-order valence-electron chi connectivity index (χ3n) is 17.7. The van der Waals surface area contributed by atoms with E-state index in [1.54, 1.807) is 0 Å². The molecule has 0 aromatic rings. The van der Waals surface area contributed by atoms with Crippen molar-refractivity contribution in [2.75, 3.05) is 47.5 Å². The largest absolute Gasteiger partial charge is 0.756 e. The third-order valence-corrected chi connectivity index (χ3v) is 18.7. The molecule has 2 atom stereocenters. The zero-order valence-corrected chi connectivity index (χ0v) is 59.9. The average Bonchev–Trinajstić information content (AvgIpc) is 3.68. The predicted octanol–water partition coefficient (Wildman–Crippen LogP) is 24.6. The summed E-state index contributed by atoms with van der Waals surface area (Å²) in [5.74, 6) is -0.805. The van der Waals surface area contributed by atoms with Crippen LogP contribution in [0.4, 0.5) is 0 Å². The van der Waals surface area contributed by atoms with Crippen molar-refractivity contribution in [3.05, 3.63) is 24.3 Å². The highest BCUT2D eigenvalue weighted by Gasteiger charge is 2.22. The number of carbonyl (C=O) groups excluding carboxylic acids is 2.